The van der Waals surface area contributed by atoms with Crippen molar-refractivity contribution in [1.29, 1.82) is 0 Å². The number of nitrogens with zero attached hydrogens (tertiary/aromatic N) is 2. The summed E-state index contributed by atoms with van der Waals surface area (Å²) in [6.07, 6.45) is 4.52. The minimum absolute atomic E-state index is 0.0191. The van der Waals surface area contributed by atoms with Gasteiger partial charge in [-0.3, -0.25) is 0 Å². The van der Waals surface area contributed by atoms with Gasteiger partial charge in [0.1, 0.15) is 11.6 Å². The molecule has 0 aliphatic heterocycles. The highest BCUT2D eigenvalue weighted by Gasteiger charge is 2.07. The second-order valence-electron chi connectivity index (χ2n) is 4.38. The van der Waals surface area contributed by atoms with Gasteiger partial charge in [-0.25, -0.2) is 4.98 Å². The van der Waals surface area contributed by atoms with Crippen LogP contribution in [0.15, 0.2) is 36.7 Å². The number of aryl methyl sites for hydroxylation is 1. The first kappa shape index (κ1) is 12.6. The molecule has 0 saturated carbocycles. The maximum Gasteiger partial charge on any atom is 0.124 e. The van der Waals surface area contributed by atoms with Gasteiger partial charge >= 0.3 is 0 Å². The van der Waals surface area contributed by atoms with Crippen LogP contribution in [0.5, 0.6) is 5.75 Å². The first-order valence-corrected chi connectivity index (χ1v) is 6.12. The van der Waals surface area contributed by atoms with Gasteiger partial charge in [-0.2, -0.15) is 0 Å². The van der Waals surface area contributed by atoms with E-state index in [0.717, 1.165) is 23.6 Å². The smallest absolute Gasteiger partial charge is 0.124 e. The summed E-state index contributed by atoms with van der Waals surface area (Å²) in [6.45, 7) is 2.57. The molecule has 2 aromatic rings. The summed E-state index contributed by atoms with van der Waals surface area (Å²) >= 11 is 0. The van der Waals surface area contributed by atoms with Crippen molar-refractivity contribution in [3.8, 4) is 5.75 Å². The van der Waals surface area contributed by atoms with Gasteiger partial charge in [0.2, 0.25) is 0 Å². The van der Waals surface area contributed by atoms with E-state index in [9.17, 15) is 0 Å². The van der Waals surface area contributed by atoms with Crippen LogP contribution in [0, 0.1) is 0 Å². The van der Waals surface area contributed by atoms with E-state index in [0.29, 0.717) is 6.61 Å². The van der Waals surface area contributed by atoms with Crippen molar-refractivity contribution in [2.45, 2.75) is 19.4 Å². The van der Waals surface area contributed by atoms with Gasteiger partial charge in [0.25, 0.3) is 0 Å². The van der Waals surface area contributed by atoms with Gasteiger partial charge in [-0.15, -0.1) is 0 Å². The largest absolute Gasteiger partial charge is 0.493 e. The van der Waals surface area contributed by atoms with E-state index in [2.05, 4.69) is 4.98 Å². The molecule has 96 valence electrons. The molecule has 0 bridgehead atoms. The summed E-state index contributed by atoms with van der Waals surface area (Å²) in [6, 6.07) is 7.87. The molecule has 0 aliphatic carbocycles. The number of para-hydroxylation sites is 1. The number of ether oxygens (including phenoxy) is 1. The number of rotatable bonds is 5. The minimum Gasteiger partial charge on any atom is -0.493 e. The molecule has 1 unspecified atom stereocenters. The summed E-state index contributed by atoms with van der Waals surface area (Å²) in [5.41, 5.74) is 6.95. The maximum absolute atomic E-state index is 5.91. The maximum atomic E-state index is 5.91. The van der Waals surface area contributed by atoms with Crippen LogP contribution in [0.1, 0.15) is 24.4 Å². The van der Waals surface area contributed by atoms with Gasteiger partial charge < -0.3 is 15.0 Å². The normalized spacial score (nSPS) is 12.4. The summed E-state index contributed by atoms with van der Waals surface area (Å²) in [5, 5.41) is 0. The van der Waals surface area contributed by atoms with Gasteiger partial charge in [0, 0.05) is 37.5 Å². The highest BCUT2D eigenvalue weighted by Crippen LogP contribution is 2.23. The molecule has 4 heteroatoms. The quantitative estimate of drug-likeness (QED) is 0.877. The van der Waals surface area contributed by atoms with Crippen LogP contribution in [-0.2, 0) is 13.5 Å². The van der Waals surface area contributed by atoms with Gasteiger partial charge in [-0.1, -0.05) is 18.2 Å². The third kappa shape index (κ3) is 2.90. The Morgan fingerprint density at radius 1 is 1.39 bits per heavy atom. The summed E-state index contributed by atoms with van der Waals surface area (Å²) in [4.78, 5) is 4.26. The Labute approximate surface area is 107 Å². The number of aromatic nitrogens is 2. The van der Waals surface area contributed by atoms with Crippen LogP contribution in [0.3, 0.4) is 0 Å². The van der Waals surface area contributed by atoms with Gasteiger partial charge in [-0.05, 0) is 13.0 Å². The van der Waals surface area contributed by atoms with Crippen molar-refractivity contribution < 1.29 is 4.74 Å². The minimum atomic E-state index is -0.0191. The summed E-state index contributed by atoms with van der Waals surface area (Å²) in [5.74, 6) is 1.88. The molecule has 0 radical (unpaired) electrons. The van der Waals surface area contributed by atoms with E-state index < -0.39 is 0 Å². The average Bonchev–Trinajstić information content (AvgIpc) is 2.76. The Balaban J connectivity index is 1.96. The molecule has 18 heavy (non-hydrogen) atoms. The first-order valence-electron chi connectivity index (χ1n) is 6.12. The van der Waals surface area contributed by atoms with Crippen molar-refractivity contribution in [3.63, 3.8) is 0 Å². The standard InChI is InChI=1S/C14H19N3O/c1-11(15)12-5-3-4-6-13(12)18-10-7-14-16-8-9-17(14)2/h3-6,8-9,11H,7,10,15H2,1-2H3. The fraction of sp³-hybridized carbons (Fsp3) is 0.357. The fourth-order valence-electron chi connectivity index (χ4n) is 1.88. The average molecular weight is 245 g/mol. The second-order valence-corrected chi connectivity index (χ2v) is 4.38. The van der Waals surface area contributed by atoms with E-state index in [1.165, 1.54) is 0 Å². The van der Waals surface area contributed by atoms with E-state index in [1.807, 2.05) is 49.0 Å². The van der Waals surface area contributed by atoms with Crippen LogP contribution in [0.2, 0.25) is 0 Å². The SMILES string of the molecule is CC(N)c1ccccc1OCCc1nccn1C. The lowest BCUT2D eigenvalue weighted by molar-refractivity contribution is 0.313. The summed E-state index contributed by atoms with van der Waals surface area (Å²) < 4.78 is 7.79. The molecule has 0 spiro atoms. The van der Waals surface area contributed by atoms with Crippen molar-refractivity contribution >= 4 is 0 Å². The molecule has 1 aromatic heterocycles. The first-order chi connectivity index (χ1) is 8.68. The van der Waals surface area contributed by atoms with Gasteiger partial charge in [0.05, 0.1) is 6.61 Å². The van der Waals surface area contributed by atoms with E-state index >= 15 is 0 Å². The highest BCUT2D eigenvalue weighted by atomic mass is 16.5. The van der Waals surface area contributed by atoms with Crippen LogP contribution in [0.25, 0.3) is 0 Å². The third-order valence-electron chi connectivity index (χ3n) is 2.91. The van der Waals surface area contributed by atoms with Crippen molar-refractivity contribution in [2.24, 2.45) is 12.8 Å². The molecule has 0 saturated heterocycles. The number of imidazole rings is 1. The van der Waals surface area contributed by atoms with E-state index in [4.69, 9.17) is 10.5 Å². The van der Waals surface area contributed by atoms with Crippen LogP contribution < -0.4 is 10.5 Å². The Kier molecular flexibility index (Phi) is 3.99. The molecule has 0 fully saturated rings. The lowest BCUT2D eigenvalue weighted by atomic mass is 10.1. The lowest BCUT2D eigenvalue weighted by Gasteiger charge is -2.13. The lowest BCUT2D eigenvalue weighted by Crippen LogP contribution is -2.10. The highest BCUT2D eigenvalue weighted by molar-refractivity contribution is 5.35. The Morgan fingerprint density at radius 3 is 2.83 bits per heavy atom. The monoisotopic (exact) mass is 245 g/mol. The van der Waals surface area contributed by atoms with E-state index in [1.54, 1.807) is 6.20 Å². The predicted molar refractivity (Wildman–Crippen MR) is 71.5 cm³/mol. The number of benzene rings is 1. The molecular formula is C14H19N3O. The van der Waals surface area contributed by atoms with Crippen LogP contribution in [0.4, 0.5) is 0 Å². The number of hydrogen-bond donors (Lipinski definition) is 1. The zero-order chi connectivity index (χ0) is 13.0. The Hall–Kier alpha value is -1.81. The molecule has 2 N–H and O–H groups in total. The zero-order valence-corrected chi connectivity index (χ0v) is 10.8. The molecular weight excluding hydrogens is 226 g/mol. The molecule has 0 aliphatic rings. The molecule has 4 nitrogen and oxygen atoms in total. The van der Waals surface area contributed by atoms with Crippen molar-refractivity contribution in [1.82, 2.24) is 9.55 Å². The molecule has 0 amide bonds. The molecule has 1 aromatic carbocycles. The van der Waals surface area contributed by atoms with Crippen LogP contribution >= 0.6 is 0 Å². The van der Waals surface area contributed by atoms with Crippen LogP contribution in [-0.4, -0.2) is 16.2 Å². The molecule has 2 rings (SSSR count). The molecule has 1 heterocycles. The topological polar surface area (TPSA) is 53.1 Å². The zero-order valence-electron chi connectivity index (χ0n) is 10.8. The Bertz CT molecular complexity index is 505. The third-order valence-corrected chi connectivity index (χ3v) is 2.91. The predicted octanol–water partition coefficient (Wildman–Crippen LogP) is 2.06. The van der Waals surface area contributed by atoms with Crippen molar-refractivity contribution in [2.75, 3.05) is 6.61 Å². The second kappa shape index (κ2) is 5.69. The fourth-order valence-corrected chi connectivity index (χ4v) is 1.88. The van der Waals surface area contributed by atoms with Crippen molar-refractivity contribution in [3.05, 3.63) is 48.0 Å². The molecule has 1 atom stereocenters. The summed E-state index contributed by atoms with van der Waals surface area (Å²) in [7, 11) is 1.98. The Morgan fingerprint density at radius 2 is 2.17 bits per heavy atom. The van der Waals surface area contributed by atoms with E-state index in [-0.39, 0.29) is 6.04 Å². The van der Waals surface area contributed by atoms with Gasteiger partial charge in [0.15, 0.2) is 0 Å². The number of hydrogen-bond acceptors (Lipinski definition) is 3. The number of nitrogens with two attached hydrogens (primary N) is 1.